The maximum absolute atomic E-state index is 13.5. The lowest BCUT2D eigenvalue weighted by Crippen LogP contribution is -2.29. The van der Waals surface area contributed by atoms with Gasteiger partial charge in [0.05, 0.1) is 11.3 Å². The minimum absolute atomic E-state index is 0.128. The van der Waals surface area contributed by atoms with Crippen LogP contribution in [0.5, 0.6) is 0 Å². The number of benzene rings is 2. The topological polar surface area (TPSA) is 70.1 Å². The van der Waals surface area contributed by atoms with Crippen LogP contribution in [-0.2, 0) is 4.79 Å². The van der Waals surface area contributed by atoms with Crippen LogP contribution in [0.15, 0.2) is 70.7 Å². The molecule has 2 heterocycles. The zero-order chi connectivity index (χ0) is 20.8. The quantitative estimate of drug-likeness (QED) is 0.702. The molecule has 30 heavy (non-hydrogen) atoms. The molecule has 0 saturated heterocycles. The summed E-state index contributed by atoms with van der Waals surface area (Å²) in [6.07, 6.45) is 2.17. The van der Waals surface area contributed by atoms with Gasteiger partial charge in [-0.25, -0.2) is 4.68 Å². The predicted molar refractivity (Wildman–Crippen MR) is 119 cm³/mol. The standard InChI is InChI=1S/C24H24N4O2/c1-27(2)16-13-11-15(12-14-16)20-21-18(9-6-10-19(21)29)25-23-22(20)24(30)28(26-23)17-7-4-3-5-8-17/h3-5,7-8,11-14,20,25-26H,6,9-10H2,1-2H3. The van der Waals surface area contributed by atoms with E-state index in [0.29, 0.717) is 17.8 Å². The molecule has 6 heteroatoms. The second kappa shape index (κ2) is 7.06. The van der Waals surface area contributed by atoms with Crippen LogP contribution in [0.2, 0.25) is 0 Å². The van der Waals surface area contributed by atoms with E-state index < -0.39 is 0 Å². The number of nitrogens with one attached hydrogen (secondary N) is 2. The number of hydrogen-bond acceptors (Lipinski definition) is 4. The van der Waals surface area contributed by atoms with Gasteiger partial charge in [0.15, 0.2) is 5.78 Å². The summed E-state index contributed by atoms with van der Waals surface area (Å²) >= 11 is 0. The van der Waals surface area contributed by atoms with Crippen molar-refractivity contribution in [1.29, 1.82) is 0 Å². The summed E-state index contributed by atoms with van der Waals surface area (Å²) in [4.78, 5) is 28.5. The summed E-state index contributed by atoms with van der Waals surface area (Å²) in [7, 11) is 3.99. The van der Waals surface area contributed by atoms with Crippen LogP contribution in [0, 0.1) is 0 Å². The van der Waals surface area contributed by atoms with Crippen LogP contribution in [-0.4, -0.2) is 29.7 Å². The van der Waals surface area contributed by atoms with E-state index in [-0.39, 0.29) is 17.3 Å². The van der Waals surface area contributed by atoms with Gasteiger partial charge in [-0.15, -0.1) is 0 Å². The summed E-state index contributed by atoms with van der Waals surface area (Å²) in [5.41, 5.74) is 4.95. The summed E-state index contributed by atoms with van der Waals surface area (Å²) in [6, 6.07) is 17.6. The van der Waals surface area contributed by atoms with Gasteiger partial charge in [0, 0.05) is 43.4 Å². The van der Waals surface area contributed by atoms with Crippen LogP contribution in [0.4, 0.5) is 11.5 Å². The molecule has 1 aromatic heterocycles. The number of aromatic nitrogens is 2. The number of anilines is 2. The Balaban J connectivity index is 1.71. The first-order valence-electron chi connectivity index (χ1n) is 10.3. The second-order valence-electron chi connectivity index (χ2n) is 8.09. The molecule has 0 amide bonds. The summed E-state index contributed by atoms with van der Waals surface area (Å²) in [6.45, 7) is 0. The van der Waals surface area contributed by atoms with Gasteiger partial charge in [0.2, 0.25) is 0 Å². The Morgan fingerprint density at radius 3 is 2.40 bits per heavy atom. The van der Waals surface area contributed by atoms with E-state index >= 15 is 0 Å². The molecule has 3 aromatic rings. The van der Waals surface area contributed by atoms with E-state index in [2.05, 4.69) is 10.4 Å². The maximum atomic E-state index is 13.5. The second-order valence-corrected chi connectivity index (χ2v) is 8.09. The Kier molecular flexibility index (Phi) is 4.35. The summed E-state index contributed by atoms with van der Waals surface area (Å²) < 4.78 is 1.56. The van der Waals surface area contributed by atoms with E-state index in [1.807, 2.05) is 73.6 Å². The van der Waals surface area contributed by atoms with Crippen molar-refractivity contribution in [3.8, 4) is 5.69 Å². The average Bonchev–Trinajstić information content (AvgIpc) is 3.09. The molecule has 6 nitrogen and oxygen atoms in total. The number of carbonyl (C=O) groups excluding carboxylic acids is 1. The molecule has 0 saturated carbocycles. The largest absolute Gasteiger partial charge is 0.378 e. The number of Topliss-reactive ketones (excluding diaryl/α,β-unsaturated/α-hetero) is 1. The molecule has 0 spiro atoms. The molecular weight excluding hydrogens is 376 g/mol. The fraction of sp³-hybridized carbons (Fsp3) is 0.250. The Hall–Kier alpha value is -3.54. The lowest BCUT2D eigenvalue weighted by Gasteiger charge is -2.31. The number of carbonyl (C=O) groups is 1. The average molecular weight is 400 g/mol. The first-order valence-corrected chi connectivity index (χ1v) is 10.3. The zero-order valence-electron chi connectivity index (χ0n) is 17.1. The van der Waals surface area contributed by atoms with Crippen LogP contribution in [0.1, 0.15) is 36.3 Å². The van der Waals surface area contributed by atoms with E-state index in [4.69, 9.17) is 0 Å². The van der Waals surface area contributed by atoms with Crippen LogP contribution < -0.4 is 15.8 Å². The lowest BCUT2D eigenvalue weighted by molar-refractivity contribution is -0.116. The molecule has 152 valence electrons. The highest BCUT2D eigenvalue weighted by Gasteiger charge is 2.38. The normalized spacial score (nSPS) is 17.9. The van der Waals surface area contributed by atoms with Gasteiger partial charge in [-0.2, -0.15) is 0 Å². The third kappa shape index (κ3) is 2.87. The molecule has 2 aliphatic rings. The number of ketones is 1. The van der Waals surface area contributed by atoms with Crippen molar-refractivity contribution in [3.63, 3.8) is 0 Å². The van der Waals surface area contributed by atoms with Crippen LogP contribution in [0.3, 0.4) is 0 Å². The fourth-order valence-electron chi connectivity index (χ4n) is 4.49. The molecule has 1 unspecified atom stereocenters. The third-order valence-electron chi connectivity index (χ3n) is 5.99. The van der Waals surface area contributed by atoms with E-state index in [1.165, 1.54) is 0 Å². The van der Waals surface area contributed by atoms with Gasteiger partial charge in [-0.1, -0.05) is 30.3 Å². The highest BCUT2D eigenvalue weighted by molar-refractivity contribution is 6.00. The monoisotopic (exact) mass is 400 g/mol. The minimum atomic E-state index is -0.367. The van der Waals surface area contributed by atoms with Crippen molar-refractivity contribution in [2.45, 2.75) is 25.2 Å². The maximum Gasteiger partial charge on any atom is 0.277 e. The van der Waals surface area contributed by atoms with Crippen LogP contribution in [0.25, 0.3) is 5.69 Å². The van der Waals surface area contributed by atoms with Crippen molar-refractivity contribution >= 4 is 17.3 Å². The van der Waals surface area contributed by atoms with E-state index in [9.17, 15) is 9.59 Å². The molecular formula is C24H24N4O2. The Morgan fingerprint density at radius 2 is 1.70 bits per heavy atom. The van der Waals surface area contributed by atoms with Crippen molar-refractivity contribution in [2.24, 2.45) is 0 Å². The molecule has 0 bridgehead atoms. The molecule has 0 fully saturated rings. The first kappa shape index (κ1) is 18.5. The first-order chi connectivity index (χ1) is 14.5. The predicted octanol–water partition coefficient (Wildman–Crippen LogP) is 3.80. The van der Waals surface area contributed by atoms with Crippen molar-refractivity contribution in [2.75, 3.05) is 24.3 Å². The van der Waals surface area contributed by atoms with Gasteiger partial charge >= 0.3 is 0 Å². The number of para-hydroxylation sites is 1. The summed E-state index contributed by atoms with van der Waals surface area (Å²) in [5.74, 6) is 0.441. The highest BCUT2D eigenvalue weighted by atomic mass is 16.1. The van der Waals surface area contributed by atoms with Crippen LogP contribution >= 0.6 is 0 Å². The van der Waals surface area contributed by atoms with Gasteiger partial charge in [-0.05, 0) is 42.7 Å². The van der Waals surface area contributed by atoms with E-state index in [1.54, 1.807) is 4.68 Å². The van der Waals surface area contributed by atoms with Gasteiger partial charge in [0.25, 0.3) is 5.56 Å². The Bertz CT molecular complexity index is 1200. The molecule has 1 atom stereocenters. The van der Waals surface area contributed by atoms with Crippen molar-refractivity contribution < 1.29 is 4.79 Å². The number of aromatic amines is 1. The SMILES string of the molecule is CN(C)c1ccc(C2C3=C(CCCC3=O)Nc3[nH]n(-c4ccccc4)c(=O)c32)cc1. The molecule has 2 aromatic carbocycles. The number of nitrogens with zero attached hydrogens (tertiary/aromatic N) is 2. The molecule has 1 aliphatic carbocycles. The van der Waals surface area contributed by atoms with Gasteiger partial charge in [0.1, 0.15) is 5.82 Å². The Labute approximate surface area is 174 Å². The van der Waals surface area contributed by atoms with Gasteiger partial charge < -0.3 is 10.2 Å². The Morgan fingerprint density at radius 1 is 0.967 bits per heavy atom. The number of allylic oxidation sites excluding steroid dienone is 2. The van der Waals surface area contributed by atoms with Crippen molar-refractivity contribution in [3.05, 3.63) is 87.3 Å². The molecule has 1 aliphatic heterocycles. The number of hydrogen-bond donors (Lipinski definition) is 2. The summed E-state index contributed by atoms with van der Waals surface area (Å²) in [5, 5.41) is 6.60. The minimum Gasteiger partial charge on any atom is -0.378 e. The molecule has 0 radical (unpaired) electrons. The number of rotatable bonds is 3. The number of fused-ring (bicyclic) bond motifs is 1. The zero-order valence-corrected chi connectivity index (χ0v) is 17.1. The molecule has 2 N–H and O–H groups in total. The van der Waals surface area contributed by atoms with E-state index in [0.717, 1.165) is 41.1 Å². The fourth-order valence-corrected chi connectivity index (χ4v) is 4.49. The lowest BCUT2D eigenvalue weighted by atomic mass is 9.77. The molecule has 5 rings (SSSR count). The smallest absolute Gasteiger partial charge is 0.277 e. The number of H-pyrrole nitrogens is 1. The van der Waals surface area contributed by atoms with Gasteiger partial charge in [-0.3, -0.25) is 14.7 Å². The van der Waals surface area contributed by atoms with Crippen molar-refractivity contribution in [1.82, 2.24) is 9.78 Å². The third-order valence-corrected chi connectivity index (χ3v) is 5.99. The highest BCUT2D eigenvalue weighted by Crippen LogP contribution is 2.43.